The maximum Gasteiger partial charge on any atom is 0.331 e. The molecule has 0 radical (unpaired) electrons. The van der Waals surface area contributed by atoms with E-state index in [4.69, 9.17) is 9.15 Å². The third-order valence-electron chi connectivity index (χ3n) is 3.63. The molecule has 3 aromatic rings. The molecule has 0 spiro atoms. The molecular weight excluding hydrogens is 335 g/mol. The maximum absolute atomic E-state index is 13.0. The highest BCUT2D eigenvalue weighted by Crippen LogP contribution is 2.22. The van der Waals surface area contributed by atoms with Crippen LogP contribution in [-0.4, -0.2) is 16.2 Å². The summed E-state index contributed by atoms with van der Waals surface area (Å²) >= 11 is 0. The van der Waals surface area contributed by atoms with Crippen LogP contribution in [0.1, 0.15) is 30.0 Å². The summed E-state index contributed by atoms with van der Waals surface area (Å²) in [7, 11) is 0. The Morgan fingerprint density at radius 3 is 2.69 bits per heavy atom. The molecule has 1 aromatic heterocycles. The van der Waals surface area contributed by atoms with Crippen molar-refractivity contribution in [1.29, 1.82) is 0 Å². The van der Waals surface area contributed by atoms with Crippen molar-refractivity contribution < 1.29 is 18.3 Å². The number of benzene rings is 2. The Balaban J connectivity index is 1.63. The van der Waals surface area contributed by atoms with Gasteiger partial charge in [0.1, 0.15) is 5.82 Å². The van der Waals surface area contributed by atoms with Crippen molar-refractivity contribution in [1.82, 2.24) is 10.2 Å². The molecule has 0 aliphatic carbocycles. The van der Waals surface area contributed by atoms with E-state index in [9.17, 15) is 9.18 Å². The molecular formula is C20H17FN2O3. The number of rotatable bonds is 5. The first-order valence-corrected chi connectivity index (χ1v) is 8.06. The van der Waals surface area contributed by atoms with Gasteiger partial charge in [-0.1, -0.05) is 29.8 Å². The molecule has 132 valence electrons. The maximum atomic E-state index is 13.0. The van der Waals surface area contributed by atoms with Crippen molar-refractivity contribution >= 4 is 12.0 Å². The third-order valence-corrected chi connectivity index (χ3v) is 3.63. The smallest absolute Gasteiger partial charge is 0.331 e. The topological polar surface area (TPSA) is 65.2 Å². The molecule has 0 saturated carbocycles. The zero-order valence-electron chi connectivity index (χ0n) is 14.3. The lowest BCUT2D eigenvalue weighted by molar-refractivity contribution is -0.143. The summed E-state index contributed by atoms with van der Waals surface area (Å²) in [4.78, 5) is 12.0. The van der Waals surface area contributed by atoms with Gasteiger partial charge in [-0.3, -0.25) is 0 Å². The summed E-state index contributed by atoms with van der Waals surface area (Å²) in [5.41, 5.74) is 2.60. The lowest BCUT2D eigenvalue weighted by atomic mass is 10.1. The molecule has 0 amide bonds. The number of carbonyl (C=O) groups is 1. The van der Waals surface area contributed by atoms with Crippen LogP contribution >= 0.6 is 0 Å². The minimum absolute atomic E-state index is 0.168. The van der Waals surface area contributed by atoms with E-state index < -0.39 is 12.1 Å². The minimum atomic E-state index is -0.702. The number of esters is 1. The molecule has 0 unspecified atom stereocenters. The van der Waals surface area contributed by atoms with Crippen LogP contribution in [0.25, 0.3) is 17.5 Å². The SMILES string of the molecule is Cc1cccc(/C=C/C(=O)O[C@H](C)c2nnc(-c3ccc(F)cc3)o2)c1. The summed E-state index contributed by atoms with van der Waals surface area (Å²) < 4.78 is 23.7. The highest BCUT2D eigenvalue weighted by atomic mass is 19.1. The number of aryl methyl sites for hydroxylation is 1. The van der Waals surface area contributed by atoms with Crippen molar-refractivity contribution in [2.75, 3.05) is 0 Å². The minimum Gasteiger partial charge on any atom is -0.449 e. The van der Waals surface area contributed by atoms with Crippen LogP contribution in [0, 0.1) is 12.7 Å². The summed E-state index contributed by atoms with van der Waals surface area (Å²) in [5, 5.41) is 7.79. The number of aromatic nitrogens is 2. The quantitative estimate of drug-likeness (QED) is 0.500. The predicted molar refractivity (Wildman–Crippen MR) is 94.4 cm³/mol. The van der Waals surface area contributed by atoms with Crippen LogP contribution < -0.4 is 0 Å². The number of carbonyl (C=O) groups excluding carboxylic acids is 1. The lowest BCUT2D eigenvalue weighted by Gasteiger charge is -2.06. The van der Waals surface area contributed by atoms with Gasteiger partial charge >= 0.3 is 5.97 Å². The van der Waals surface area contributed by atoms with E-state index in [1.165, 1.54) is 30.3 Å². The Kier molecular flexibility index (Phi) is 5.22. The summed E-state index contributed by atoms with van der Waals surface area (Å²) in [6.07, 6.45) is 2.33. The van der Waals surface area contributed by atoms with Crippen LogP contribution in [0.3, 0.4) is 0 Å². The van der Waals surface area contributed by atoms with Gasteiger partial charge in [0.25, 0.3) is 5.89 Å². The molecule has 0 N–H and O–H groups in total. The molecule has 5 nitrogen and oxygen atoms in total. The number of halogens is 1. The molecule has 1 atom stereocenters. The monoisotopic (exact) mass is 352 g/mol. The van der Waals surface area contributed by atoms with Gasteiger partial charge in [0.05, 0.1) is 0 Å². The molecule has 1 heterocycles. The van der Waals surface area contributed by atoms with Crippen LogP contribution in [0.5, 0.6) is 0 Å². The Morgan fingerprint density at radius 1 is 1.19 bits per heavy atom. The highest BCUT2D eigenvalue weighted by molar-refractivity contribution is 5.87. The molecule has 2 aromatic carbocycles. The first-order chi connectivity index (χ1) is 12.5. The second-order valence-electron chi connectivity index (χ2n) is 5.78. The van der Waals surface area contributed by atoms with Crippen LogP contribution in [0.2, 0.25) is 0 Å². The van der Waals surface area contributed by atoms with E-state index in [2.05, 4.69) is 10.2 Å². The standard InChI is InChI=1S/C20H17FN2O3/c1-13-4-3-5-15(12-13)6-11-18(24)25-14(2)19-22-23-20(26-19)16-7-9-17(21)10-8-16/h3-12,14H,1-2H3/b11-6+/t14-/m1/s1. The molecule has 0 aliphatic heterocycles. The Hall–Kier alpha value is -3.28. The van der Waals surface area contributed by atoms with Gasteiger partial charge in [0, 0.05) is 11.6 Å². The van der Waals surface area contributed by atoms with Gasteiger partial charge < -0.3 is 9.15 Å². The summed E-state index contributed by atoms with van der Waals surface area (Å²) in [6.45, 7) is 3.62. The fourth-order valence-electron chi connectivity index (χ4n) is 2.31. The number of hydrogen-bond acceptors (Lipinski definition) is 5. The second kappa shape index (κ2) is 7.74. The van der Waals surface area contributed by atoms with Gasteiger partial charge in [0.15, 0.2) is 6.10 Å². The molecule has 0 bridgehead atoms. The van der Waals surface area contributed by atoms with Gasteiger partial charge in [-0.2, -0.15) is 0 Å². The number of ether oxygens (including phenoxy) is 1. The molecule has 0 saturated heterocycles. The van der Waals surface area contributed by atoms with Crippen LogP contribution in [0.4, 0.5) is 4.39 Å². The zero-order chi connectivity index (χ0) is 18.5. The van der Waals surface area contributed by atoms with E-state index in [0.29, 0.717) is 5.56 Å². The van der Waals surface area contributed by atoms with E-state index in [1.54, 1.807) is 13.0 Å². The average Bonchev–Trinajstić information content (AvgIpc) is 3.11. The Morgan fingerprint density at radius 2 is 1.96 bits per heavy atom. The van der Waals surface area contributed by atoms with Gasteiger partial charge in [-0.15, -0.1) is 10.2 Å². The molecule has 0 fully saturated rings. The van der Waals surface area contributed by atoms with Gasteiger partial charge in [-0.05, 0) is 49.8 Å². The fourth-order valence-corrected chi connectivity index (χ4v) is 2.31. The molecule has 6 heteroatoms. The Bertz CT molecular complexity index is 932. The molecule has 0 aliphatic rings. The third kappa shape index (κ3) is 4.42. The lowest BCUT2D eigenvalue weighted by Crippen LogP contribution is -2.06. The van der Waals surface area contributed by atoms with E-state index >= 15 is 0 Å². The van der Waals surface area contributed by atoms with Crippen LogP contribution in [-0.2, 0) is 9.53 Å². The molecule has 3 rings (SSSR count). The second-order valence-corrected chi connectivity index (χ2v) is 5.78. The Labute approximate surface area is 150 Å². The van der Waals surface area contributed by atoms with Crippen LogP contribution in [0.15, 0.2) is 59.0 Å². The molecule has 26 heavy (non-hydrogen) atoms. The van der Waals surface area contributed by atoms with E-state index in [1.807, 2.05) is 31.2 Å². The highest BCUT2D eigenvalue weighted by Gasteiger charge is 2.18. The fraction of sp³-hybridized carbons (Fsp3) is 0.150. The zero-order valence-corrected chi connectivity index (χ0v) is 14.3. The van der Waals surface area contributed by atoms with E-state index in [0.717, 1.165) is 11.1 Å². The predicted octanol–water partition coefficient (Wildman–Crippen LogP) is 4.50. The van der Waals surface area contributed by atoms with Crippen molar-refractivity contribution in [3.63, 3.8) is 0 Å². The first kappa shape index (κ1) is 17.5. The van der Waals surface area contributed by atoms with Gasteiger partial charge in [0.2, 0.25) is 5.89 Å². The van der Waals surface area contributed by atoms with Gasteiger partial charge in [-0.25, -0.2) is 9.18 Å². The number of nitrogens with zero attached hydrogens (tertiary/aromatic N) is 2. The normalized spacial score (nSPS) is 12.3. The van der Waals surface area contributed by atoms with E-state index in [-0.39, 0.29) is 17.6 Å². The average molecular weight is 352 g/mol. The number of hydrogen-bond donors (Lipinski definition) is 0. The van der Waals surface area contributed by atoms with Crippen molar-refractivity contribution in [3.05, 3.63) is 77.4 Å². The largest absolute Gasteiger partial charge is 0.449 e. The van der Waals surface area contributed by atoms with Crippen molar-refractivity contribution in [2.24, 2.45) is 0 Å². The van der Waals surface area contributed by atoms with Crippen molar-refractivity contribution in [2.45, 2.75) is 20.0 Å². The summed E-state index contributed by atoms with van der Waals surface area (Å²) in [5.74, 6) is -0.462. The first-order valence-electron chi connectivity index (χ1n) is 8.06. The van der Waals surface area contributed by atoms with Crippen molar-refractivity contribution in [3.8, 4) is 11.5 Å². The summed E-state index contributed by atoms with van der Waals surface area (Å²) in [6, 6.07) is 13.4.